The van der Waals surface area contributed by atoms with Gasteiger partial charge in [-0.3, -0.25) is 14.5 Å². The van der Waals surface area contributed by atoms with Crippen molar-refractivity contribution in [2.24, 2.45) is 0 Å². The summed E-state index contributed by atoms with van der Waals surface area (Å²) >= 11 is 0. The molecule has 3 rings (SSSR count). The van der Waals surface area contributed by atoms with Crippen LogP contribution >= 0.6 is 0 Å². The highest BCUT2D eigenvalue weighted by atomic mass is 16.5. The summed E-state index contributed by atoms with van der Waals surface area (Å²) in [4.78, 5) is 25.0. The fourth-order valence-corrected chi connectivity index (χ4v) is 3.29. The third kappa shape index (κ3) is 3.73. The lowest BCUT2D eigenvalue weighted by molar-refractivity contribution is -0.142. The van der Waals surface area contributed by atoms with E-state index in [0.717, 1.165) is 22.4 Å². The summed E-state index contributed by atoms with van der Waals surface area (Å²) in [6, 6.07) is 16.0. The minimum absolute atomic E-state index is 0.0812. The van der Waals surface area contributed by atoms with Crippen LogP contribution in [0.1, 0.15) is 45.2 Å². The first-order chi connectivity index (χ1) is 12.0. The van der Waals surface area contributed by atoms with Crippen molar-refractivity contribution in [3.05, 3.63) is 54.1 Å². The molecule has 0 bridgehead atoms. The van der Waals surface area contributed by atoms with Gasteiger partial charge in [0.15, 0.2) is 0 Å². The molecule has 0 spiro atoms. The molecule has 0 aromatic heterocycles. The van der Waals surface area contributed by atoms with Crippen LogP contribution in [-0.4, -0.2) is 22.8 Å². The smallest absolute Gasteiger partial charge is 0.229 e. The second-order valence-corrected chi connectivity index (χ2v) is 6.65. The summed E-state index contributed by atoms with van der Waals surface area (Å²) in [6.45, 7) is 5.46. The van der Waals surface area contributed by atoms with Crippen LogP contribution in [0, 0.1) is 0 Å². The van der Waals surface area contributed by atoms with E-state index < -0.39 is 0 Å². The standard InChI is InChI=1S/C21H23NO3/c1-14(2)25-19-10-8-17(9-11-19)16-4-6-18(7-5-16)20-12-13-21(24)22(20)15(3)23/h4-11,14,20H,12-13H2,1-3H3. The monoisotopic (exact) mass is 337 g/mol. The Morgan fingerprint density at radius 1 is 1.04 bits per heavy atom. The van der Waals surface area contributed by atoms with E-state index in [9.17, 15) is 9.59 Å². The van der Waals surface area contributed by atoms with Gasteiger partial charge in [-0.15, -0.1) is 0 Å². The molecule has 130 valence electrons. The minimum atomic E-state index is -0.183. The van der Waals surface area contributed by atoms with Crippen molar-refractivity contribution in [1.82, 2.24) is 4.90 Å². The van der Waals surface area contributed by atoms with E-state index in [1.54, 1.807) is 0 Å². The molecule has 0 N–H and O–H groups in total. The highest BCUT2D eigenvalue weighted by Crippen LogP contribution is 2.34. The number of hydrogen-bond acceptors (Lipinski definition) is 3. The third-order valence-corrected chi connectivity index (χ3v) is 4.41. The quantitative estimate of drug-likeness (QED) is 0.833. The van der Waals surface area contributed by atoms with Crippen molar-refractivity contribution in [1.29, 1.82) is 0 Å². The van der Waals surface area contributed by atoms with Crippen LogP contribution in [0.25, 0.3) is 11.1 Å². The van der Waals surface area contributed by atoms with Gasteiger partial charge in [0.2, 0.25) is 11.8 Å². The molecular weight excluding hydrogens is 314 g/mol. The van der Waals surface area contributed by atoms with Crippen LogP contribution in [-0.2, 0) is 9.59 Å². The lowest BCUT2D eigenvalue weighted by Crippen LogP contribution is -2.32. The number of carbonyl (C=O) groups is 2. The van der Waals surface area contributed by atoms with Crippen LogP contribution in [0.4, 0.5) is 0 Å². The number of benzene rings is 2. The number of carbonyl (C=O) groups excluding carboxylic acids is 2. The Morgan fingerprint density at radius 3 is 2.12 bits per heavy atom. The summed E-state index contributed by atoms with van der Waals surface area (Å²) in [5.41, 5.74) is 3.21. The minimum Gasteiger partial charge on any atom is -0.491 e. The SMILES string of the molecule is CC(=O)N1C(=O)CCC1c1ccc(-c2ccc(OC(C)C)cc2)cc1. The van der Waals surface area contributed by atoms with Crippen molar-refractivity contribution >= 4 is 11.8 Å². The second-order valence-electron chi connectivity index (χ2n) is 6.65. The Bertz CT molecular complexity index is 763. The fourth-order valence-electron chi connectivity index (χ4n) is 3.29. The van der Waals surface area contributed by atoms with Crippen LogP contribution in [0.5, 0.6) is 5.75 Å². The van der Waals surface area contributed by atoms with Crippen molar-refractivity contribution in [2.45, 2.75) is 45.8 Å². The molecule has 2 amide bonds. The zero-order chi connectivity index (χ0) is 18.0. The summed E-state index contributed by atoms with van der Waals surface area (Å²) in [5.74, 6) is 0.594. The lowest BCUT2D eigenvalue weighted by Gasteiger charge is -2.22. The van der Waals surface area contributed by atoms with E-state index in [-0.39, 0.29) is 24.0 Å². The van der Waals surface area contributed by atoms with Gasteiger partial charge >= 0.3 is 0 Å². The maximum atomic E-state index is 11.9. The number of amides is 2. The van der Waals surface area contributed by atoms with Crippen LogP contribution in [0.3, 0.4) is 0 Å². The van der Waals surface area contributed by atoms with E-state index in [2.05, 4.69) is 0 Å². The molecule has 1 fully saturated rings. The Labute approximate surface area is 148 Å². The molecule has 1 aliphatic heterocycles. The molecule has 0 radical (unpaired) electrons. The highest BCUT2D eigenvalue weighted by molar-refractivity contribution is 5.96. The van der Waals surface area contributed by atoms with Crippen molar-refractivity contribution in [2.75, 3.05) is 0 Å². The fraction of sp³-hybridized carbons (Fsp3) is 0.333. The van der Waals surface area contributed by atoms with E-state index in [0.29, 0.717) is 12.8 Å². The molecule has 4 heteroatoms. The van der Waals surface area contributed by atoms with Crippen molar-refractivity contribution < 1.29 is 14.3 Å². The molecule has 1 unspecified atom stereocenters. The van der Waals surface area contributed by atoms with Gasteiger partial charge in [-0.05, 0) is 49.1 Å². The first-order valence-electron chi connectivity index (χ1n) is 8.65. The molecule has 0 saturated carbocycles. The zero-order valence-electron chi connectivity index (χ0n) is 14.9. The molecule has 0 aliphatic carbocycles. The third-order valence-electron chi connectivity index (χ3n) is 4.41. The Hall–Kier alpha value is -2.62. The average molecular weight is 337 g/mol. The summed E-state index contributed by atoms with van der Waals surface area (Å²) in [7, 11) is 0. The largest absolute Gasteiger partial charge is 0.491 e. The van der Waals surface area contributed by atoms with Crippen LogP contribution in [0.2, 0.25) is 0 Å². The molecule has 1 atom stereocenters. The lowest BCUT2D eigenvalue weighted by atomic mass is 9.99. The second kappa shape index (κ2) is 7.09. The van der Waals surface area contributed by atoms with E-state index >= 15 is 0 Å². The number of hydrogen-bond donors (Lipinski definition) is 0. The maximum absolute atomic E-state index is 11.9. The van der Waals surface area contributed by atoms with E-state index in [1.165, 1.54) is 11.8 Å². The number of rotatable bonds is 4. The first-order valence-corrected chi connectivity index (χ1v) is 8.65. The van der Waals surface area contributed by atoms with Gasteiger partial charge in [-0.1, -0.05) is 36.4 Å². The van der Waals surface area contributed by atoms with Gasteiger partial charge in [0, 0.05) is 13.3 Å². The Kier molecular flexibility index (Phi) is 4.88. The maximum Gasteiger partial charge on any atom is 0.229 e. The number of nitrogens with zero attached hydrogens (tertiary/aromatic N) is 1. The molecule has 2 aromatic carbocycles. The molecular formula is C21H23NO3. The van der Waals surface area contributed by atoms with Gasteiger partial charge in [0.25, 0.3) is 0 Å². The van der Waals surface area contributed by atoms with Gasteiger partial charge in [0.05, 0.1) is 12.1 Å². The van der Waals surface area contributed by atoms with E-state index in [4.69, 9.17) is 4.74 Å². The zero-order valence-corrected chi connectivity index (χ0v) is 14.9. The van der Waals surface area contributed by atoms with Gasteiger partial charge in [-0.25, -0.2) is 0 Å². The Morgan fingerprint density at radius 2 is 1.60 bits per heavy atom. The molecule has 25 heavy (non-hydrogen) atoms. The number of imide groups is 1. The van der Waals surface area contributed by atoms with Gasteiger partial charge in [0.1, 0.15) is 5.75 Å². The van der Waals surface area contributed by atoms with E-state index in [1.807, 2.05) is 62.4 Å². The topological polar surface area (TPSA) is 46.6 Å². The van der Waals surface area contributed by atoms with Gasteiger partial charge in [-0.2, -0.15) is 0 Å². The predicted molar refractivity (Wildman–Crippen MR) is 97.1 cm³/mol. The van der Waals surface area contributed by atoms with Crippen molar-refractivity contribution in [3.63, 3.8) is 0 Å². The summed E-state index contributed by atoms with van der Waals surface area (Å²) < 4.78 is 5.67. The number of likely N-dealkylation sites (tertiary alicyclic amines) is 1. The van der Waals surface area contributed by atoms with Crippen LogP contribution < -0.4 is 4.74 Å². The number of ether oxygens (including phenoxy) is 1. The first kappa shape index (κ1) is 17.2. The summed E-state index contributed by atoms with van der Waals surface area (Å²) in [5, 5.41) is 0. The molecule has 1 saturated heterocycles. The molecule has 1 heterocycles. The van der Waals surface area contributed by atoms with Crippen molar-refractivity contribution in [3.8, 4) is 16.9 Å². The normalized spacial score (nSPS) is 17.2. The Balaban J connectivity index is 1.78. The highest BCUT2D eigenvalue weighted by Gasteiger charge is 2.34. The summed E-state index contributed by atoms with van der Waals surface area (Å²) in [6.07, 6.45) is 1.28. The van der Waals surface area contributed by atoms with Crippen LogP contribution in [0.15, 0.2) is 48.5 Å². The molecule has 1 aliphatic rings. The predicted octanol–water partition coefficient (Wildman–Crippen LogP) is 4.35. The average Bonchev–Trinajstić information content (AvgIpc) is 2.97. The molecule has 2 aromatic rings. The van der Waals surface area contributed by atoms with Gasteiger partial charge < -0.3 is 4.74 Å². The molecule has 4 nitrogen and oxygen atoms in total.